The van der Waals surface area contributed by atoms with Gasteiger partial charge in [-0.3, -0.25) is 0 Å². The Hall–Kier alpha value is -1.61. The maximum atomic E-state index is 11.3. The fourth-order valence-corrected chi connectivity index (χ4v) is 1.03. The van der Waals surface area contributed by atoms with Gasteiger partial charge in [0.05, 0.1) is 5.56 Å². The first kappa shape index (κ1) is 11.5. The third-order valence-corrected chi connectivity index (χ3v) is 1.83. The van der Waals surface area contributed by atoms with Crippen molar-refractivity contribution in [2.45, 2.75) is 6.92 Å². The summed E-state index contributed by atoms with van der Waals surface area (Å²) in [6, 6.07) is 6.10. The van der Waals surface area contributed by atoms with Crippen LogP contribution in [0.25, 0.3) is 0 Å². The largest absolute Gasteiger partial charge is 0.386 e. The number of hydrogen-bond acceptors (Lipinski definition) is 3. The molecule has 0 atom stereocenters. The maximum Gasteiger partial charge on any atom is 0.346 e. The molecule has 78 valence electrons. The maximum absolute atomic E-state index is 11.3. The number of benzene rings is 1. The molecule has 0 spiro atoms. The second-order valence-corrected chi connectivity index (χ2v) is 3.15. The first-order valence-corrected chi connectivity index (χ1v) is 4.65. The van der Waals surface area contributed by atoms with Crippen molar-refractivity contribution in [3.63, 3.8) is 0 Å². The van der Waals surface area contributed by atoms with Crippen LogP contribution in [0.15, 0.2) is 36.4 Å². The van der Waals surface area contributed by atoms with E-state index in [2.05, 4.69) is 4.74 Å². The Bertz CT molecular complexity index is 393. The summed E-state index contributed by atoms with van der Waals surface area (Å²) < 4.78 is 4.51. The third-order valence-electron chi connectivity index (χ3n) is 1.58. The molecule has 1 rings (SSSR count). The molecule has 0 aliphatic carbocycles. The van der Waals surface area contributed by atoms with Gasteiger partial charge in [0.25, 0.3) is 0 Å². The Kier molecular flexibility index (Phi) is 4.06. The van der Waals surface area contributed by atoms with Crippen LogP contribution < -0.4 is 0 Å². The molecular weight excluding hydrogens is 216 g/mol. The molecule has 0 saturated heterocycles. The number of halogens is 1. The van der Waals surface area contributed by atoms with E-state index in [1.807, 2.05) is 0 Å². The average Bonchev–Trinajstić information content (AvgIpc) is 2.18. The molecule has 0 aliphatic rings. The molecule has 0 unspecified atom stereocenters. The molecule has 1 aromatic rings. The fraction of sp³-hybridized carbons (Fsp3) is 0.0909. The summed E-state index contributed by atoms with van der Waals surface area (Å²) in [6.45, 7) is 1.66. The second-order valence-electron chi connectivity index (χ2n) is 2.72. The zero-order valence-corrected chi connectivity index (χ0v) is 8.82. The highest BCUT2D eigenvalue weighted by Crippen LogP contribution is 2.10. The summed E-state index contributed by atoms with van der Waals surface area (Å²) in [4.78, 5) is 22.3. The number of rotatable bonds is 2. The molecule has 4 heteroatoms. The lowest BCUT2D eigenvalue weighted by Crippen LogP contribution is -2.09. The number of allylic oxidation sites excluding steroid dienone is 1. The Morgan fingerprint density at radius 3 is 2.40 bits per heavy atom. The summed E-state index contributed by atoms with van der Waals surface area (Å²) in [5.74, 6) is -1.37. The summed E-state index contributed by atoms with van der Waals surface area (Å²) in [5, 5.41) is 0.520. The van der Waals surface area contributed by atoms with Gasteiger partial charge < -0.3 is 4.74 Å². The average molecular weight is 225 g/mol. The van der Waals surface area contributed by atoms with Gasteiger partial charge in [-0.1, -0.05) is 17.7 Å². The Balaban J connectivity index is 2.69. The quantitative estimate of drug-likeness (QED) is 0.441. The van der Waals surface area contributed by atoms with Gasteiger partial charge in [-0.05, 0) is 31.2 Å². The summed E-state index contributed by atoms with van der Waals surface area (Å²) in [6.07, 6.45) is 2.67. The van der Waals surface area contributed by atoms with Crippen molar-refractivity contribution in [2.24, 2.45) is 0 Å². The highest BCUT2D eigenvalue weighted by atomic mass is 35.5. The SMILES string of the molecule is CC=CC(=O)OC(=O)c1ccc(Cl)cc1. The lowest BCUT2D eigenvalue weighted by Gasteiger charge is -1.99. The van der Waals surface area contributed by atoms with Crippen LogP contribution in [0.2, 0.25) is 5.02 Å². The van der Waals surface area contributed by atoms with E-state index < -0.39 is 11.9 Å². The van der Waals surface area contributed by atoms with Crippen LogP contribution in [0.5, 0.6) is 0 Å². The number of hydrogen-bond donors (Lipinski definition) is 0. The molecule has 0 heterocycles. The van der Waals surface area contributed by atoms with Crippen molar-refractivity contribution in [1.29, 1.82) is 0 Å². The molecule has 15 heavy (non-hydrogen) atoms. The van der Waals surface area contributed by atoms with Gasteiger partial charge in [-0.25, -0.2) is 9.59 Å². The van der Waals surface area contributed by atoms with E-state index in [-0.39, 0.29) is 5.56 Å². The monoisotopic (exact) mass is 224 g/mol. The summed E-state index contributed by atoms with van der Waals surface area (Å²) in [7, 11) is 0. The van der Waals surface area contributed by atoms with Gasteiger partial charge >= 0.3 is 11.9 Å². The molecule has 0 aromatic heterocycles. The van der Waals surface area contributed by atoms with E-state index in [0.29, 0.717) is 5.02 Å². The molecule has 0 aliphatic heterocycles. The van der Waals surface area contributed by atoms with E-state index in [4.69, 9.17) is 11.6 Å². The molecule has 0 amide bonds. The lowest BCUT2D eigenvalue weighted by molar-refractivity contribution is -0.132. The molecule has 1 aromatic carbocycles. The topological polar surface area (TPSA) is 43.4 Å². The molecule has 0 bridgehead atoms. The summed E-state index contributed by atoms with van der Waals surface area (Å²) >= 11 is 5.64. The minimum absolute atomic E-state index is 0.289. The van der Waals surface area contributed by atoms with Gasteiger partial charge in [-0.2, -0.15) is 0 Å². The van der Waals surface area contributed by atoms with Gasteiger partial charge in [0.1, 0.15) is 0 Å². The Labute approximate surface area is 92.3 Å². The first-order valence-electron chi connectivity index (χ1n) is 4.28. The van der Waals surface area contributed by atoms with Crippen LogP contribution in [0.1, 0.15) is 17.3 Å². The van der Waals surface area contributed by atoms with E-state index in [1.165, 1.54) is 24.3 Å². The van der Waals surface area contributed by atoms with Crippen molar-refractivity contribution >= 4 is 23.5 Å². The highest BCUT2D eigenvalue weighted by Gasteiger charge is 2.09. The molecule has 0 saturated carbocycles. The lowest BCUT2D eigenvalue weighted by atomic mass is 10.2. The molecule has 3 nitrogen and oxygen atoms in total. The molecule has 0 radical (unpaired) electrons. The van der Waals surface area contributed by atoms with Crippen LogP contribution in [0.3, 0.4) is 0 Å². The van der Waals surface area contributed by atoms with Crippen LogP contribution in [-0.2, 0) is 9.53 Å². The van der Waals surface area contributed by atoms with Crippen molar-refractivity contribution < 1.29 is 14.3 Å². The molecular formula is C11H9ClO3. The zero-order chi connectivity index (χ0) is 11.3. The van der Waals surface area contributed by atoms with E-state index in [9.17, 15) is 9.59 Å². The Morgan fingerprint density at radius 1 is 1.27 bits per heavy atom. The Morgan fingerprint density at radius 2 is 1.87 bits per heavy atom. The van der Waals surface area contributed by atoms with E-state index in [0.717, 1.165) is 0 Å². The van der Waals surface area contributed by atoms with Crippen LogP contribution in [0, 0.1) is 0 Å². The minimum Gasteiger partial charge on any atom is -0.386 e. The number of carbonyl (C=O) groups excluding carboxylic acids is 2. The van der Waals surface area contributed by atoms with Crippen LogP contribution in [0.4, 0.5) is 0 Å². The predicted molar refractivity (Wildman–Crippen MR) is 56.7 cm³/mol. The number of esters is 2. The number of carbonyl (C=O) groups is 2. The van der Waals surface area contributed by atoms with Crippen LogP contribution in [-0.4, -0.2) is 11.9 Å². The normalized spacial score (nSPS) is 10.3. The highest BCUT2D eigenvalue weighted by molar-refractivity contribution is 6.30. The van der Waals surface area contributed by atoms with E-state index in [1.54, 1.807) is 19.1 Å². The minimum atomic E-state index is -0.685. The third kappa shape index (κ3) is 3.56. The van der Waals surface area contributed by atoms with Crippen molar-refractivity contribution in [3.05, 3.63) is 47.0 Å². The van der Waals surface area contributed by atoms with E-state index >= 15 is 0 Å². The first-order chi connectivity index (χ1) is 7.13. The van der Waals surface area contributed by atoms with Crippen molar-refractivity contribution in [3.8, 4) is 0 Å². The van der Waals surface area contributed by atoms with Gasteiger partial charge in [0.15, 0.2) is 0 Å². The molecule has 0 N–H and O–H groups in total. The van der Waals surface area contributed by atoms with Crippen molar-refractivity contribution in [2.75, 3.05) is 0 Å². The van der Waals surface area contributed by atoms with Gasteiger partial charge in [0.2, 0.25) is 0 Å². The predicted octanol–water partition coefficient (Wildman–Crippen LogP) is 2.60. The molecule has 0 fully saturated rings. The van der Waals surface area contributed by atoms with Gasteiger partial charge in [0, 0.05) is 11.1 Å². The second kappa shape index (κ2) is 5.32. The number of ether oxygens (including phenoxy) is 1. The summed E-state index contributed by atoms with van der Waals surface area (Å²) in [5.41, 5.74) is 0.289. The smallest absolute Gasteiger partial charge is 0.346 e. The zero-order valence-electron chi connectivity index (χ0n) is 8.07. The van der Waals surface area contributed by atoms with Crippen molar-refractivity contribution in [1.82, 2.24) is 0 Å². The van der Waals surface area contributed by atoms with Crippen LogP contribution >= 0.6 is 11.6 Å². The fourth-order valence-electron chi connectivity index (χ4n) is 0.906. The van der Waals surface area contributed by atoms with Gasteiger partial charge in [-0.15, -0.1) is 0 Å². The standard InChI is InChI=1S/C11H9ClO3/c1-2-3-10(13)15-11(14)8-4-6-9(12)7-5-8/h2-7H,1H3.